The molecule has 5 atom stereocenters. The fourth-order valence-electron chi connectivity index (χ4n) is 4.92. The summed E-state index contributed by atoms with van der Waals surface area (Å²) in [5, 5.41) is 0. The van der Waals surface area contributed by atoms with Crippen LogP contribution in [0, 0.1) is 34.5 Å². The summed E-state index contributed by atoms with van der Waals surface area (Å²) in [5.41, 5.74) is 0.733. The van der Waals surface area contributed by atoms with E-state index >= 15 is 0 Å². The number of hydrogen-bond donors (Lipinski definition) is 0. The fraction of sp³-hybridized carbons (Fsp3) is 0.929. The third-order valence-electron chi connectivity index (χ3n) is 6.06. The molecule has 4 rings (SSSR count). The normalized spacial score (nSPS) is 51.2. The Kier molecular flexibility index (Phi) is 1.88. The maximum atomic E-state index is 11.9. The molecule has 0 spiro atoms. The van der Waals surface area contributed by atoms with Crippen LogP contribution in [0.25, 0.3) is 0 Å². The molecule has 0 heterocycles. The van der Waals surface area contributed by atoms with Gasteiger partial charge in [-0.2, -0.15) is 0 Å². The lowest BCUT2D eigenvalue weighted by Gasteiger charge is -2.59. The molecular formula is C14H22O2. The molecule has 2 nitrogen and oxygen atoms in total. The number of hydrogen-bond acceptors (Lipinski definition) is 2. The second kappa shape index (κ2) is 2.83. The van der Waals surface area contributed by atoms with E-state index < -0.39 is 0 Å². The first-order chi connectivity index (χ1) is 7.44. The van der Waals surface area contributed by atoms with Crippen molar-refractivity contribution in [2.45, 2.75) is 40.5 Å². The van der Waals surface area contributed by atoms with Gasteiger partial charge in [-0.1, -0.05) is 20.8 Å². The van der Waals surface area contributed by atoms with Crippen molar-refractivity contribution in [2.75, 3.05) is 6.61 Å². The Balaban J connectivity index is 1.82. The number of rotatable bonds is 2. The van der Waals surface area contributed by atoms with E-state index in [1.165, 1.54) is 12.8 Å². The number of carbonyl (C=O) groups excluding carboxylic acids is 1. The minimum atomic E-state index is 0.0679. The van der Waals surface area contributed by atoms with Gasteiger partial charge < -0.3 is 4.74 Å². The van der Waals surface area contributed by atoms with Crippen LogP contribution in [0.3, 0.4) is 0 Å². The fourth-order valence-corrected chi connectivity index (χ4v) is 4.92. The predicted molar refractivity (Wildman–Crippen MR) is 61.7 cm³/mol. The Morgan fingerprint density at radius 3 is 2.50 bits per heavy atom. The van der Waals surface area contributed by atoms with Crippen molar-refractivity contribution in [3.63, 3.8) is 0 Å². The van der Waals surface area contributed by atoms with Gasteiger partial charge in [-0.05, 0) is 48.3 Å². The van der Waals surface area contributed by atoms with Gasteiger partial charge in [0.2, 0.25) is 0 Å². The van der Waals surface area contributed by atoms with Crippen LogP contribution in [-0.4, -0.2) is 12.6 Å². The van der Waals surface area contributed by atoms with Crippen LogP contribution in [0.2, 0.25) is 0 Å². The third kappa shape index (κ3) is 0.970. The van der Waals surface area contributed by atoms with E-state index in [0.717, 1.165) is 11.8 Å². The van der Waals surface area contributed by atoms with Crippen molar-refractivity contribution in [3.8, 4) is 0 Å². The van der Waals surface area contributed by atoms with Crippen LogP contribution in [-0.2, 0) is 9.53 Å². The average molecular weight is 222 g/mol. The Labute approximate surface area is 97.7 Å². The SMILES string of the molecule is CCOC(=O)C1C2CC3CC(C3(C)C)C21C. The molecular weight excluding hydrogens is 200 g/mol. The molecule has 0 N–H and O–H groups in total. The van der Waals surface area contributed by atoms with E-state index in [-0.39, 0.29) is 17.3 Å². The van der Waals surface area contributed by atoms with Gasteiger partial charge >= 0.3 is 5.97 Å². The highest BCUT2D eigenvalue weighted by Crippen LogP contribution is 2.80. The second-order valence-electron chi connectivity index (χ2n) is 6.74. The maximum absolute atomic E-state index is 11.9. The lowest BCUT2D eigenvalue weighted by atomic mass is 9.45. The van der Waals surface area contributed by atoms with E-state index in [1.54, 1.807) is 0 Å². The van der Waals surface area contributed by atoms with Crippen molar-refractivity contribution >= 4 is 5.97 Å². The smallest absolute Gasteiger partial charge is 0.309 e. The van der Waals surface area contributed by atoms with Crippen LogP contribution in [0.4, 0.5) is 0 Å². The lowest BCUT2D eigenvalue weighted by Crippen LogP contribution is -2.52. The molecule has 90 valence electrons. The second-order valence-corrected chi connectivity index (χ2v) is 6.74. The zero-order chi connectivity index (χ0) is 11.7. The number of esters is 1. The summed E-state index contributed by atoms with van der Waals surface area (Å²) < 4.78 is 5.22. The van der Waals surface area contributed by atoms with Gasteiger partial charge in [-0.3, -0.25) is 4.79 Å². The lowest BCUT2D eigenvalue weighted by molar-refractivity contribution is -0.147. The molecule has 2 heteroatoms. The minimum Gasteiger partial charge on any atom is -0.466 e. The highest BCUT2D eigenvalue weighted by atomic mass is 16.5. The van der Waals surface area contributed by atoms with Gasteiger partial charge in [-0.25, -0.2) is 0 Å². The Hall–Kier alpha value is -0.530. The monoisotopic (exact) mass is 222 g/mol. The largest absolute Gasteiger partial charge is 0.466 e. The molecule has 4 aliphatic carbocycles. The summed E-state index contributed by atoms with van der Waals surface area (Å²) >= 11 is 0. The topological polar surface area (TPSA) is 26.3 Å². The molecule has 4 aliphatic rings. The van der Waals surface area contributed by atoms with Gasteiger partial charge in [0.15, 0.2) is 0 Å². The molecule has 2 bridgehead atoms. The maximum Gasteiger partial charge on any atom is 0.309 e. The molecule has 0 aromatic heterocycles. The molecule has 0 saturated heterocycles. The molecule has 0 amide bonds. The summed E-state index contributed by atoms with van der Waals surface area (Å²) in [6.45, 7) is 9.51. The zero-order valence-electron chi connectivity index (χ0n) is 10.7. The summed E-state index contributed by atoms with van der Waals surface area (Å²) in [6.07, 6.45) is 2.60. The molecule has 5 unspecified atom stereocenters. The third-order valence-corrected chi connectivity index (χ3v) is 6.06. The molecule has 4 saturated carbocycles. The van der Waals surface area contributed by atoms with Gasteiger partial charge in [0, 0.05) is 0 Å². The molecule has 16 heavy (non-hydrogen) atoms. The molecule has 0 aromatic rings. The van der Waals surface area contributed by atoms with Crippen molar-refractivity contribution in [3.05, 3.63) is 0 Å². The number of ether oxygens (including phenoxy) is 1. The van der Waals surface area contributed by atoms with E-state index in [9.17, 15) is 4.79 Å². The molecule has 4 fully saturated rings. The standard InChI is InChI=1S/C14H22O2/c1-5-16-12(15)11-9-6-8-7-10(13(8,2)3)14(9,11)4/h8-11H,5-7H2,1-4H3. The first-order valence-corrected chi connectivity index (χ1v) is 6.60. The van der Waals surface area contributed by atoms with Crippen molar-refractivity contribution in [2.24, 2.45) is 34.5 Å². The van der Waals surface area contributed by atoms with Crippen LogP contribution < -0.4 is 0 Å². The summed E-state index contributed by atoms with van der Waals surface area (Å²) in [7, 11) is 0. The van der Waals surface area contributed by atoms with Gasteiger partial charge in [0.1, 0.15) is 0 Å². The van der Waals surface area contributed by atoms with Gasteiger partial charge in [0.05, 0.1) is 12.5 Å². The quantitative estimate of drug-likeness (QED) is 0.672. The van der Waals surface area contributed by atoms with E-state index in [4.69, 9.17) is 4.74 Å². The Bertz CT molecular complexity index is 347. The molecule has 0 aliphatic heterocycles. The Morgan fingerprint density at radius 1 is 1.31 bits per heavy atom. The minimum absolute atomic E-state index is 0.0679. The first-order valence-electron chi connectivity index (χ1n) is 6.60. The van der Waals surface area contributed by atoms with Crippen LogP contribution in [0.5, 0.6) is 0 Å². The predicted octanol–water partition coefficient (Wildman–Crippen LogP) is 2.87. The van der Waals surface area contributed by atoms with Crippen molar-refractivity contribution in [1.29, 1.82) is 0 Å². The summed E-state index contributed by atoms with van der Waals surface area (Å²) in [5.74, 6) is 2.51. The van der Waals surface area contributed by atoms with Crippen molar-refractivity contribution in [1.82, 2.24) is 0 Å². The van der Waals surface area contributed by atoms with Crippen LogP contribution in [0.15, 0.2) is 0 Å². The highest BCUT2D eigenvalue weighted by molar-refractivity contribution is 5.78. The Morgan fingerprint density at radius 2 is 2.00 bits per heavy atom. The zero-order valence-corrected chi connectivity index (χ0v) is 10.7. The van der Waals surface area contributed by atoms with Crippen LogP contribution in [0.1, 0.15) is 40.5 Å². The first kappa shape index (κ1) is 10.6. The summed E-state index contributed by atoms with van der Waals surface area (Å²) in [6, 6.07) is 0. The average Bonchev–Trinajstić information content (AvgIpc) is 2.83. The highest BCUT2D eigenvalue weighted by Gasteiger charge is 2.78. The molecule has 0 aromatic carbocycles. The number of carbonyl (C=O) groups is 1. The van der Waals surface area contributed by atoms with E-state index in [1.807, 2.05) is 6.92 Å². The molecule has 0 radical (unpaired) electrons. The van der Waals surface area contributed by atoms with Gasteiger partial charge in [0.25, 0.3) is 0 Å². The summed E-state index contributed by atoms with van der Waals surface area (Å²) in [4.78, 5) is 11.9. The van der Waals surface area contributed by atoms with Gasteiger partial charge in [-0.15, -0.1) is 0 Å². The van der Waals surface area contributed by atoms with E-state index in [2.05, 4.69) is 20.8 Å². The van der Waals surface area contributed by atoms with Crippen molar-refractivity contribution < 1.29 is 9.53 Å². The van der Waals surface area contributed by atoms with E-state index in [0.29, 0.717) is 17.9 Å². The van der Waals surface area contributed by atoms with Crippen LogP contribution >= 0.6 is 0 Å².